The van der Waals surface area contributed by atoms with Crippen molar-refractivity contribution in [2.45, 2.75) is 111 Å². The van der Waals surface area contributed by atoms with E-state index in [4.69, 9.17) is 13.9 Å². The molecule has 0 aromatic heterocycles. The summed E-state index contributed by atoms with van der Waals surface area (Å²) in [4.78, 5) is 13.5. The van der Waals surface area contributed by atoms with Crippen LogP contribution < -0.4 is 4.74 Å². The molecule has 4 nitrogen and oxygen atoms in total. The quantitative estimate of drug-likeness (QED) is 0.220. The third kappa shape index (κ3) is 8.39. The van der Waals surface area contributed by atoms with Crippen molar-refractivity contribution < 1.29 is 18.7 Å². The molecule has 1 unspecified atom stereocenters. The summed E-state index contributed by atoms with van der Waals surface area (Å²) in [5, 5.41) is 0.190. The molecule has 0 N–H and O–H groups in total. The molecule has 0 fully saturated rings. The Balaban J connectivity index is 3.09. The highest BCUT2D eigenvalue weighted by molar-refractivity contribution is 9.10. The first-order chi connectivity index (χ1) is 14.8. The summed E-state index contributed by atoms with van der Waals surface area (Å²) < 4.78 is 18.9. The van der Waals surface area contributed by atoms with Crippen molar-refractivity contribution in [3.63, 3.8) is 0 Å². The smallest absolute Gasteiger partial charge is 0.316 e. The molecule has 1 aromatic carbocycles. The lowest BCUT2D eigenvalue weighted by Gasteiger charge is -2.39. The molecule has 1 atom stereocenters. The number of hydrogen-bond acceptors (Lipinski definition) is 4. The average Bonchev–Trinajstić information content (AvgIpc) is 2.63. The Morgan fingerprint density at radius 2 is 1.55 bits per heavy atom. The van der Waals surface area contributed by atoms with Crippen molar-refractivity contribution in [2.75, 3.05) is 13.7 Å². The Labute approximate surface area is 212 Å². The molecular weight excluding hydrogens is 496 g/mol. The third-order valence-corrected chi connectivity index (χ3v) is 11.9. The molecule has 0 radical (unpaired) electrons. The van der Waals surface area contributed by atoms with Gasteiger partial charge in [-0.1, -0.05) is 53.2 Å². The summed E-state index contributed by atoms with van der Waals surface area (Å²) in [5.41, 5.74) is -0.512. The zero-order chi connectivity index (χ0) is 25.9. The predicted molar refractivity (Wildman–Crippen MR) is 145 cm³/mol. The maximum Gasteiger partial charge on any atom is 0.316 e. The summed E-state index contributed by atoms with van der Waals surface area (Å²) in [6.45, 7) is 24.3. The van der Waals surface area contributed by atoms with Gasteiger partial charge in [-0.3, -0.25) is 4.79 Å². The topological polar surface area (TPSA) is 44.8 Å². The highest BCUT2D eigenvalue weighted by Crippen LogP contribution is 2.43. The highest BCUT2D eigenvalue weighted by atomic mass is 79.9. The van der Waals surface area contributed by atoms with E-state index in [0.29, 0.717) is 12.2 Å². The molecule has 0 bridgehead atoms. The van der Waals surface area contributed by atoms with Gasteiger partial charge < -0.3 is 13.9 Å². The standard InChI is InChI=1S/C27H47BrO4Si/c1-24(2,3)32-23(29)27(9,20-15-13-16-21(28)22(20)30-10)18-14-17-26(7,8)19-31-33(11,12)25(4,5)6/h13,15-16H,14,17-19H2,1-12H3. The van der Waals surface area contributed by atoms with E-state index in [1.807, 2.05) is 45.9 Å². The molecule has 0 aliphatic heterocycles. The van der Waals surface area contributed by atoms with Gasteiger partial charge >= 0.3 is 5.97 Å². The molecule has 1 aromatic rings. The first-order valence-electron chi connectivity index (χ1n) is 12.0. The van der Waals surface area contributed by atoms with E-state index in [9.17, 15) is 4.79 Å². The number of ether oxygens (including phenoxy) is 2. The van der Waals surface area contributed by atoms with E-state index in [0.717, 1.165) is 29.5 Å². The Morgan fingerprint density at radius 1 is 0.970 bits per heavy atom. The van der Waals surface area contributed by atoms with Crippen molar-refractivity contribution in [1.29, 1.82) is 0 Å². The lowest BCUT2D eigenvalue weighted by molar-refractivity contribution is -0.162. The van der Waals surface area contributed by atoms with E-state index in [1.165, 1.54) is 0 Å². The molecule has 0 aliphatic carbocycles. The zero-order valence-electron chi connectivity index (χ0n) is 23.1. The van der Waals surface area contributed by atoms with Gasteiger partial charge in [0, 0.05) is 12.2 Å². The van der Waals surface area contributed by atoms with Crippen molar-refractivity contribution in [1.82, 2.24) is 0 Å². The van der Waals surface area contributed by atoms with Crippen molar-refractivity contribution in [2.24, 2.45) is 5.41 Å². The molecule has 33 heavy (non-hydrogen) atoms. The second-order valence-corrected chi connectivity index (χ2v) is 18.4. The van der Waals surface area contributed by atoms with Gasteiger partial charge in [0.15, 0.2) is 8.32 Å². The largest absolute Gasteiger partial charge is 0.495 e. The lowest BCUT2D eigenvalue weighted by Crippen LogP contribution is -2.43. The predicted octanol–water partition coefficient (Wildman–Crippen LogP) is 8.28. The summed E-state index contributed by atoms with van der Waals surface area (Å²) >= 11 is 3.58. The van der Waals surface area contributed by atoms with Crippen LogP contribution in [0.4, 0.5) is 0 Å². The van der Waals surface area contributed by atoms with E-state index in [-0.39, 0.29) is 16.4 Å². The monoisotopic (exact) mass is 542 g/mol. The van der Waals surface area contributed by atoms with Gasteiger partial charge in [0.1, 0.15) is 11.4 Å². The van der Waals surface area contributed by atoms with Crippen molar-refractivity contribution in [3.05, 3.63) is 28.2 Å². The SMILES string of the molecule is COc1c(Br)cccc1C(C)(CCCC(C)(C)CO[Si](C)(C)C(C)(C)C)C(=O)OC(C)(C)C. The number of halogens is 1. The molecule has 1 rings (SSSR count). The molecule has 0 heterocycles. The van der Waals surface area contributed by atoms with Crippen LogP contribution in [0.2, 0.25) is 18.1 Å². The molecule has 190 valence electrons. The van der Waals surface area contributed by atoms with Crippen LogP contribution in [-0.4, -0.2) is 33.6 Å². The van der Waals surface area contributed by atoms with E-state index >= 15 is 0 Å². The maximum atomic E-state index is 13.5. The molecule has 0 spiro atoms. The van der Waals surface area contributed by atoms with Crippen molar-refractivity contribution >= 4 is 30.2 Å². The van der Waals surface area contributed by atoms with Crippen LogP contribution in [0.1, 0.15) is 87.1 Å². The Morgan fingerprint density at radius 3 is 2.03 bits per heavy atom. The van der Waals surface area contributed by atoms with Crippen LogP contribution in [0.5, 0.6) is 5.75 Å². The van der Waals surface area contributed by atoms with Crippen LogP contribution in [0, 0.1) is 5.41 Å². The molecule has 0 saturated carbocycles. The summed E-state index contributed by atoms with van der Waals surface area (Å²) in [6, 6.07) is 5.85. The first-order valence-corrected chi connectivity index (χ1v) is 15.7. The van der Waals surface area contributed by atoms with Gasteiger partial charge in [0.05, 0.1) is 17.0 Å². The second-order valence-electron chi connectivity index (χ2n) is 12.7. The number of benzene rings is 1. The maximum absolute atomic E-state index is 13.5. The van der Waals surface area contributed by atoms with Crippen LogP contribution >= 0.6 is 15.9 Å². The number of carbonyl (C=O) groups is 1. The van der Waals surface area contributed by atoms with Crippen LogP contribution in [0.25, 0.3) is 0 Å². The summed E-state index contributed by atoms with van der Waals surface area (Å²) in [6.07, 6.45) is 2.49. The third-order valence-electron chi connectivity index (χ3n) is 6.78. The fourth-order valence-corrected chi connectivity index (χ4v) is 5.19. The molecule has 0 amide bonds. The minimum atomic E-state index is -1.80. The average molecular weight is 544 g/mol. The van der Waals surface area contributed by atoms with Gasteiger partial charge in [-0.05, 0) is 86.1 Å². The van der Waals surface area contributed by atoms with Gasteiger partial charge in [-0.2, -0.15) is 0 Å². The highest BCUT2D eigenvalue weighted by Gasteiger charge is 2.42. The fraction of sp³-hybridized carbons (Fsp3) is 0.741. The van der Waals surface area contributed by atoms with Gasteiger partial charge in [-0.25, -0.2) is 0 Å². The number of para-hydroxylation sites is 1. The molecular formula is C27H47BrO4Si. The minimum Gasteiger partial charge on any atom is -0.495 e. The molecule has 6 heteroatoms. The summed E-state index contributed by atoms with van der Waals surface area (Å²) in [7, 11) is -0.163. The second kappa shape index (κ2) is 10.8. The van der Waals surface area contributed by atoms with Gasteiger partial charge in [-0.15, -0.1) is 0 Å². The van der Waals surface area contributed by atoms with E-state index in [1.54, 1.807) is 7.11 Å². The normalized spacial score (nSPS) is 15.2. The summed E-state index contributed by atoms with van der Waals surface area (Å²) in [5.74, 6) is 0.466. The van der Waals surface area contributed by atoms with Crippen LogP contribution in [0.15, 0.2) is 22.7 Å². The number of hydrogen-bond donors (Lipinski definition) is 0. The van der Waals surface area contributed by atoms with Crippen LogP contribution in [-0.2, 0) is 19.4 Å². The van der Waals surface area contributed by atoms with Crippen molar-refractivity contribution in [3.8, 4) is 5.75 Å². The number of methoxy groups -OCH3 is 1. The minimum absolute atomic E-state index is 0.0196. The van der Waals surface area contributed by atoms with E-state index < -0.39 is 19.3 Å². The van der Waals surface area contributed by atoms with Crippen LogP contribution in [0.3, 0.4) is 0 Å². The Hall–Kier alpha value is -0.853. The molecule has 0 aliphatic rings. The van der Waals surface area contributed by atoms with Gasteiger partial charge in [0.2, 0.25) is 0 Å². The number of carbonyl (C=O) groups excluding carboxylic acids is 1. The number of esters is 1. The van der Waals surface area contributed by atoms with E-state index in [2.05, 4.69) is 63.6 Å². The first kappa shape index (κ1) is 30.2. The fourth-order valence-electron chi connectivity index (χ4n) is 3.47. The Kier molecular flexibility index (Phi) is 9.90. The van der Waals surface area contributed by atoms with Gasteiger partial charge in [0.25, 0.3) is 0 Å². The number of rotatable bonds is 10. The molecule has 0 saturated heterocycles. The Bertz CT molecular complexity index is 805. The lowest BCUT2D eigenvalue weighted by atomic mass is 9.75. The zero-order valence-corrected chi connectivity index (χ0v) is 25.7.